The SMILES string of the molecule is Cc1c(Cl)cccc1NC(=O)c1cccc(N2C(=O)[C@H]3[C@@H]4CC[C@H](C4)[C@@H]3C2=O)c1. The summed E-state index contributed by atoms with van der Waals surface area (Å²) >= 11 is 6.13. The van der Waals surface area contributed by atoms with Crippen LogP contribution in [-0.2, 0) is 9.59 Å². The molecule has 5 rings (SSSR count). The molecular weight excluding hydrogens is 388 g/mol. The molecular formula is C23H21ClN2O3. The molecule has 0 aromatic heterocycles. The molecule has 0 spiro atoms. The third-order valence-corrected chi connectivity index (χ3v) is 7.22. The van der Waals surface area contributed by atoms with Gasteiger partial charge in [0.1, 0.15) is 0 Å². The monoisotopic (exact) mass is 408 g/mol. The van der Waals surface area contributed by atoms with E-state index in [1.165, 1.54) is 4.90 Å². The molecule has 0 radical (unpaired) electrons. The van der Waals surface area contributed by atoms with E-state index in [9.17, 15) is 14.4 Å². The number of nitrogens with zero attached hydrogens (tertiary/aromatic N) is 1. The van der Waals surface area contributed by atoms with Crippen molar-refractivity contribution in [1.29, 1.82) is 0 Å². The lowest BCUT2D eigenvalue weighted by Gasteiger charge is -2.19. The highest BCUT2D eigenvalue weighted by Gasteiger charge is 2.61. The van der Waals surface area contributed by atoms with Crippen LogP contribution in [0.4, 0.5) is 11.4 Å². The first kappa shape index (κ1) is 18.4. The van der Waals surface area contributed by atoms with Crippen LogP contribution >= 0.6 is 11.6 Å². The molecule has 2 aromatic rings. The molecule has 1 saturated heterocycles. The maximum Gasteiger partial charge on any atom is 0.255 e. The van der Waals surface area contributed by atoms with Crippen molar-refractivity contribution in [1.82, 2.24) is 0 Å². The van der Waals surface area contributed by atoms with Crippen LogP contribution in [-0.4, -0.2) is 17.7 Å². The molecule has 29 heavy (non-hydrogen) atoms. The Morgan fingerprint density at radius 3 is 2.38 bits per heavy atom. The van der Waals surface area contributed by atoms with E-state index in [0.717, 1.165) is 24.8 Å². The Labute approximate surface area is 174 Å². The van der Waals surface area contributed by atoms with Crippen molar-refractivity contribution < 1.29 is 14.4 Å². The summed E-state index contributed by atoms with van der Waals surface area (Å²) in [5.41, 5.74) is 2.28. The number of nitrogens with one attached hydrogen (secondary N) is 1. The van der Waals surface area contributed by atoms with Crippen molar-refractivity contribution in [2.45, 2.75) is 26.2 Å². The van der Waals surface area contributed by atoms with E-state index < -0.39 is 0 Å². The fourth-order valence-corrected chi connectivity index (χ4v) is 5.56. The summed E-state index contributed by atoms with van der Waals surface area (Å²) in [4.78, 5) is 40.1. The highest BCUT2D eigenvalue weighted by Crippen LogP contribution is 2.56. The zero-order valence-corrected chi connectivity index (χ0v) is 16.8. The predicted molar refractivity (Wildman–Crippen MR) is 111 cm³/mol. The van der Waals surface area contributed by atoms with Gasteiger partial charge in [-0.15, -0.1) is 0 Å². The highest BCUT2D eigenvalue weighted by molar-refractivity contribution is 6.31. The lowest BCUT2D eigenvalue weighted by Crippen LogP contribution is -2.33. The maximum atomic E-state index is 13.0. The number of fused-ring (bicyclic) bond motifs is 5. The predicted octanol–water partition coefficient (Wildman–Crippen LogP) is 4.44. The van der Waals surface area contributed by atoms with Gasteiger partial charge >= 0.3 is 0 Å². The Bertz CT molecular complexity index is 1020. The molecule has 6 heteroatoms. The first-order chi connectivity index (χ1) is 14.0. The topological polar surface area (TPSA) is 66.5 Å². The van der Waals surface area contributed by atoms with E-state index in [0.29, 0.717) is 33.8 Å². The number of hydrogen-bond acceptors (Lipinski definition) is 3. The molecule has 3 fully saturated rings. The van der Waals surface area contributed by atoms with Gasteiger partial charge in [0.25, 0.3) is 5.91 Å². The molecule has 2 bridgehead atoms. The maximum absolute atomic E-state index is 13.0. The molecule has 1 heterocycles. The van der Waals surface area contributed by atoms with Crippen LogP contribution in [0, 0.1) is 30.6 Å². The average Bonchev–Trinajstić information content (AvgIpc) is 3.39. The van der Waals surface area contributed by atoms with Crippen molar-refractivity contribution in [3.05, 3.63) is 58.6 Å². The van der Waals surface area contributed by atoms with Crippen molar-refractivity contribution in [3.8, 4) is 0 Å². The quantitative estimate of drug-likeness (QED) is 0.763. The number of imide groups is 1. The van der Waals surface area contributed by atoms with Crippen molar-refractivity contribution >= 4 is 40.7 Å². The number of anilines is 2. The second kappa shape index (κ2) is 6.70. The largest absolute Gasteiger partial charge is 0.322 e. The smallest absolute Gasteiger partial charge is 0.255 e. The third kappa shape index (κ3) is 2.79. The number of benzene rings is 2. The summed E-state index contributed by atoms with van der Waals surface area (Å²) in [6.45, 7) is 1.84. The number of hydrogen-bond donors (Lipinski definition) is 1. The molecule has 1 N–H and O–H groups in total. The Morgan fingerprint density at radius 2 is 1.69 bits per heavy atom. The minimum absolute atomic E-state index is 0.101. The number of rotatable bonds is 3. The third-order valence-electron chi connectivity index (χ3n) is 6.81. The number of amides is 3. The van der Waals surface area contributed by atoms with E-state index in [1.54, 1.807) is 42.5 Å². The van der Waals surface area contributed by atoms with Crippen molar-refractivity contribution in [2.24, 2.45) is 23.7 Å². The van der Waals surface area contributed by atoms with Crippen molar-refractivity contribution in [3.63, 3.8) is 0 Å². The summed E-state index contributed by atoms with van der Waals surface area (Å²) in [5, 5.41) is 3.43. The molecule has 148 valence electrons. The minimum Gasteiger partial charge on any atom is -0.322 e. The van der Waals surface area contributed by atoms with Crippen LogP contribution in [0.5, 0.6) is 0 Å². The van der Waals surface area contributed by atoms with Crippen LogP contribution in [0.25, 0.3) is 0 Å². The molecule has 3 aliphatic rings. The van der Waals surface area contributed by atoms with Gasteiger partial charge in [-0.2, -0.15) is 0 Å². The van der Waals surface area contributed by atoms with Gasteiger partial charge in [-0.1, -0.05) is 23.7 Å². The molecule has 2 saturated carbocycles. The standard InChI is InChI=1S/C23H21ClN2O3/c1-12-17(24)6-3-7-18(12)25-21(27)15-4-2-5-16(11-15)26-22(28)19-13-8-9-14(10-13)20(19)23(26)29/h2-7,11,13-14,19-20H,8-10H2,1H3,(H,25,27)/t13-,14-,19+,20+/m1/s1. The summed E-state index contributed by atoms with van der Waals surface area (Å²) in [7, 11) is 0. The number of carbonyl (C=O) groups excluding carboxylic acids is 3. The Hall–Kier alpha value is -2.66. The first-order valence-corrected chi connectivity index (χ1v) is 10.4. The van der Waals surface area contributed by atoms with Crippen LogP contribution in [0.15, 0.2) is 42.5 Å². The lowest BCUT2D eigenvalue weighted by atomic mass is 9.81. The zero-order valence-electron chi connectivity index (χ0n) is 16.0. The molecule has 5 nitrogen and oxygen atoms in total. The van der Waals surface area contributed by atoms with Crippen LogP contribution < -0.4 is 10.2 Å². The van der Waals surface area contributed by atoms with Gasteiger partial charge in [-0.05, 0) is 73.9 Å². The average molecular weight is 409 g/mol. The Balaban J connectivity index is 1.42. The highest BCUT2D eigenvalue weighted by atomic mass is 35.5. The molecule has 3 amide bonds. The summed E-state index contributed by atoms with van der Waals surface area (Å²) in [6, 6.07) is 12.0. The Morgan fingerprint density at radius 1 is 1.03 bits per heavy atom. The van der Waals surface area contributed by atoms with Gasteiger partial charge < -0.3 is 5.32 Å². The van der Waals surface area contributed by atoms with Crippen LogP contribution in [0.2, 0.25) is 5.02 Å². The summed E-state index contributed by atoms with van der Waals surface area (Å²) < 4.78 is 0. The minimum atomic E-state index is -0.309. The van der Waals surface area contributed by atoms with E-state index >= 15 is 0 Å². The lowest BCUT2D eigenvalue weighted by molar-refractivity contribution is -0.123. The number of carbonyl (C=O) groups is 3. The van der Waals surface area contributed by atoms with Gasteiger partial charge in [0.15, 0.2) is 0 Å². The van der Waals surface area contributed by atoms with Gasteiger partial charge in [-0.25, -0.2) is 0 Å². The Kier molecular flexibility index (Phi) is 4.24. The van der Waals surface area contributed by atoms with Crippen molar-refractivity contribution in [2.75, 3.05) is 10.2 Å². The molecule has 1 aliphatic heterocycles. The van der Waals surface area contributed by atoms with E-state index in [2.05, 4.69) is 5.32 Å². The van der Waals surface area contributed by atoms with E-state index in [4.69, 9.17) is 11.6 Å². The molecule has 4 atom stereocenters. The van der Waals surface area contributed by atoms with Gasteiger partial charge in [0.2, 0.25) is 11.8 Å². The number of halogens is 1. The summed E-state index contributed by atoms with van der Waals surface area (Å²) in [6.07, 6.45) is 3.09. The van der Waals surface area contributed by atoms with Crippen LogP contribution in [0.3, 0.4) is 0 Å². The first-order valence-electron chi connectivity index (χ1n) is 10.00. The molecule has 0 unspecified atom stereocenters. The fourth-order valence-electron chi connectivity index (χ4n) is 5.39. The molecule has 2 aliphatic carbocycles. The van der Waals surface area contributed by atoms with Gasteiger partial charge in [-0.3, -0.25) is 19.3 Å². The normalized spacial score (nSPS) is 27.4. The second-order valence-electron chi connectivity index (χ2n) is 8.31. The van der Waals surface area contributed by atoms with E-state index in [-0.39, 0.29) is 29.6 Å². The van der Waals surface area contributed by atoms with Gasteiger partial charge in [0.05, 0.1) is 17.5 Å². The fraction of sp³-hybridized carbons (Fsp3) is 0.348. The molecule has 2 aromatic carbocycles. The van der Waals surface area contributed by atoms with Crippen LogP contribution in [0.1, 0.15) is 35.2 Å². The van der Waals surface area contributed by atoms with E-state index in [1.807, 2.05) is 6.92 Å². The zero-order chi connectivity index (χ0) is 20.3. The second-order valence-corrected chi connectivity index (χ2v) is 8.72. The van der Waals surface area contributed by atoms with Gasteiger partial charge in [0, 0.05) is 16.3 Å². The summed E-state index contributed by atoms with van der Waals surface area (Å²) in [5.74, 6) is -0.185.